The van der Waals surface area contributed by atoms with E-state index in [9.17, 15) is 4.39 Å². The molecule has 0 N–H and O–H groups in total. The summed E-state index contributed by atoms with van der Waals surface area (Å²) < 4.78 is 15.3. The summed E-state index contributed by atoms with van der Waals surface area (Å²) in [7, 11) is 0. The Kier molecular flexibility index (Phi) is 6.52. The van der Waals surface area contributed by atoms with E-state index < -0.39 is 5.82 Å². The zero-order valence-electron chi connectivity index (χ0n) is 16.1. The molecule has 0 amide bonds. The highest BCUT2D eigenvalue weighted by Crippen LogP contribution is 2.37. The zero-order chi connectivity index (χ0) is 22.3. The van der Waals surface area contributed by atoms with Crippen molar-refractivity contribution in [1.82, 2.24) is 9.78 Å². The zero-order valence-corrected chi connectivity index (χ0v) is 19.8. The number of nitrogens with zero attached hydrogens (tertiary/aromatic N) is 2. The Morgan fingerprint density at radius 1 is 0.742 bits per heavy atom. The lowest BCUT2D eigenvalue weighted by molar-refractivity contribution is 0.625. The van der Waals surface area contributed by atoms with Crippen LogP contribution < -0.4 is 0 Å². The van der Waals surface area contributed by atoms with Crippen LogP contribution in [0.5, 0.6) is 0 Å². The molecule has 0 bridgehead atoms. The van der Waals surface area contributed by atoms with E-state index in [0.717, 1.165) is 33.6 Å². The van der Waals surface area contributed by atoms with E-state index in [1.807, 2.05) is 23.7 Å². The van der Waals surface area contributed by atoms with Gasteiger partial charge in [0.2, 0.25) is 0 Å². The molecular weight excluding hydrogens is 501 g/mol. The van der Waals surface area contributed by atoms with Crippen LogP contribution in [-0.2, 0) is 6.54 Å². The van der Waals surface area contributed by atoms with Crippen molar-refractivity contribution in [3.05, 3.63) is 96.7 Å². The summed E-state index contributed by atoms with van der Waals surface area (Å²) in [5, 5.41) is 6.94. The summed E-state index contributed by atoms with van der Waals surface area (Å²) in [5.74, 6) is -0.397. The highest BCUT2D eigenvalue weighted by Gasteiger charge is 2.20. The number of hydrogen-bond acceptors (Lipinski definition) is 1. The molecular formula is C23H14Cl5FN2. The second kappa shape index (κ2) is 9.01. The van der Waals surface area contributed by atoms with Gasteiger partial charge in [0, 0.05) is 21.7 Å². The summed E-state index contributed by atoms with van der Waals surface area (Å²) in [6.07, 6.45) is 0. The molecule has 2 nitrogen and oxygen atoms in total. The fraction of sp³-hybridized carbons (Fsp3) is 0.0870. The van der Waals surface area contributed by atoms with Gasteiger partial charge in [-0.15, -0.1) is 0 Å². The molecule has 1 heterocycles. The molecule has 31 heavy (non-hydrogen) atoms. The molecule has 158 valence electrons. The van der Waals surface area contributed by atoms with Crippen molar-refractivity contribution >= 4 is 58.0 Å². The van der Waals surface area contributed by atoms with Crippen LogP contribution in [0.25, 0.3) is 22.5 Å². The van der Waals surface area contributed by atoms with Crippen molar-refractivity contribution in [2.45, 2.75) is 13.5 Å². The summed E-state index contributed by atoms with van der Waals surface area (Å²) in [6, 6.07) is 15.1. The summed E-state index contributed by atoms with van der Waals surface area (Å²) >= 11 is 31.0. The van der Waals surface area contributed by atoms with E-state index in [4.69, 9.17) is 63.1 Å². The van der Waals surface area contributed by atoms with E-state index in [0.29, 0.717) is 31.7 Å². The van der Waals surface area contributed by atoms with Crippen molar-refractivity contribution in [2.75, 3.05) is 0 Å². The maximum Gasteiger partial charge on any atom is 0.124 e. The van der Waals surface area contributed by atoms with Crippen molar-refractivity contribution in [2.24, 2.45) is 0 Å². The number of hydrogen-bond donors (Lipinski definition) is 0. The van der Waals surface area contributed by atoms with Crippen molar-refractivity contribution in [1.29, 1.82) is 0 Å². The van der Waals surface area contributed by atoms with Crippen molar-refractivity contribution < 1.29 is 4.39 Å². The predicted molar refractivity (Wildman–Crippen MR) is 128 cm³/mol. The molecule has 1 aromatic heterocycles. The molecule has 0 fully saturated rings. The van der Waals surface area contributed by atoms with Crippen LogP contribution in [0.3, 0.4) is 0 Å². The third-order valence-electron chi connectivity index (χ3n) is 4.91. The van der Waals surface area contributed by atoms with Gasteiger partial charge in [0.15, 0.2) is 0 Å². The number of halogens is 6. The van der Waals surface area contributed by atoms with Gasteiger partial charge in [0.1, 0.15) is 5.82 Å². The Balaban J connectivity index is 1.90. The number of aromatic nitrogens is 2. The van der Waals surface area contributed by atoms with Crippen LogP contribution in [0.1, 0.15) is 11.1 Å². The maximum absolute atomic E-state index is 13.5. The Labute approximate surface area is 204 Å². The molecule has 0 unspecified atom stereocenters. The topological polar surface area (TPSA) is 17.8 Å². The van der Waals surface area contributed by atoms with E-state index in [1.54, 1.807) is 30.3 Å². The van der Waals surface area contributed by atoms with E-state index >= 15 is 0 Å². The standard InChI is InChI=1S/C23H14Cl5FN2/c1-12-22(13-3-6-17(24)20(27)8-13)30-31(11-15-2-5-16(29)10-19(15)26)23(12)14-4-7-18(25)21(28)9-14/h2-10H,11H2,1H3. The summed E-state index contributed by atoms with van der Waals surface area (Å²) in [4.78, 5) is 0. The minimum absolute atomic E-state index is 0.323. The van der Waals surface area contributed by atoms with Gasteiger partial charge in [-0.1, -0.05) is 76.2 Å². The number of rotatable bonds is 4. The maximum atomic E-state index is 13.5. The van der Waals surface area contributed by atoms with Crippen LogP contribution in [0.15, 0.2) is 54.6 Å². The molecule has 0 atom stereocenters. The van der Waals surface area contributed by atoms with Gasteiger partial charge in [-0.05, 0) is 48.9 Å². The summed E-state index contributed by atoms with van der Waals surface area (Å²) in [5.41, 5.74) is 4.86. The molecule has 8 heteroatoms. The van der Waals surface area contributed by atoms with Crippen molar-refractivity contribution in [3.8, 4) is 22.5 Å². The molecule has 0 aliphatic rings. The highest BCUT2D eigenvalue weighted by molar-refractivity contribution is 6.42. The fourth-order valence-electron chi connectivity index (χ4n) is 3.40. The molecule has 4 rings (SSSR count). The minimum atomic E-state index is -0.397. The Morgan fingerprint density at radius 3 is 1.97 bits per heavy atom. The Hall–Kier alpha value is -1.75. The van der Waals surface area contributed by atoms with Crippen LogP contribution in [0.4, 0.5) is 4.39 Å². The second-order valence-electron chi connectivity index (χ2n) is 6.97. The monoisotopic (exact) mass is 512 g/mol. The molecule has 0 aliphatic heterocycles. The molecule has 0 spiro atoms. The molecule has 4 aromatic rings. The summed E-state index contributed by atoms with van der Waals surface area (Å²) in [6.45, 7) is 2.29. The largest absolute Gasteiger partial charge is 0.259 e. The Bertz CT molecular complexity index is 1300. The van der Waals surface area contributed by atoms with Gasteiger partial charge in [-0.3, -0.25) is 4.68 Å². The lowest BCUT2D eigenvalue weighted by Crippen LogP contribution is -2.05. The minimum Gasteiger partial charge on any atom is -0.259 e. The number of benzene rings is 3. The average Bonchev–Trinajstić information content (AvgIpc) is 3.04. The van der Waals surface area contributed by atoms with Crippen LogP contribution >= 0.6 is 58.0 Å². The SMILES string of the molecule is Cc1c(-c2ccc(Cl)c(Cl)c2)nn(Cc2ccc(F)cc2Cl)c1-c1ccc(Cl)c(Cl)c1. The van der Waals surface area contributed by atoms with Crippen LogP contribution in [-0.4, -0.2) is 9.78 Å². The van der Waals surface area contributed by atoms with Gasteiger partial charge < -0.3 is 0 Å². The van der Waals surface area contributed by atoms with Crippen LogP contribution in [0.2, 0.25) is 25.1 Å². The first kappa shape index (κ1) is 22.4. The first-order valence-electron chi connectivity index (χ1n) is 9.16. The highest BCUT2D eigenvalue weighted by atomic mass is 35.5. The van der Waals surface area contributed by atoms with Gasteiger partial charge in [0.25, 0.3) is 0 Å². The van der Waals surface area contributed by atoms with E-state index in [1.165, 1.54) is 12.1 Å². The lowest BCUT2D eigenvalue weighted by Gasteiger charge is -2.11. The van der Waals surface area contributed by atoms with Crippen LogP contribution in [0, 0.1) is 12.7 Å². The van der Waals surface area contributed by atoms with Gasteiger partial charge >= 0.3 is 0 Å². The van der Waals surface area contributed by atoms with Gasteiger partial charge in [0.05, 0.1) is 38.0 Å². The van der Waals surface area contributed by atoms with Gasteiger partial charge in [-0.25, -0.2) is 4.39 Å². The Morgan fingerprint density at radius 2 is 1.35 bits per heavy atom. The quantitative estimate of drug-likeness (QED) is 0.266. The first-order chi connectivity index (χ1) is 14.7. The van der Waals surface area contributed by atoms with Crippen molar-refractivity contribution in [3.63, 3.8) is 0 Å². The van der Waals surface area contributed by atoms with Gasteiger partial charge in [-0.2, -0.15) is 5.10 Å². The molecule has 0 aliphatic carbocycles. The smallest absolute Gasteiger partial charge is 0.124 e. The molecule has 3 aromatic carbocycles. The average molecular weight is 515 g/mol. The normalized spacial score (nSPS) is 11.2. The second-order valence-corrected chi connectivity index (χ2v) is 9.01. The first-order valence-corrected chi connectivity index (χ1v) is 11.1. The third kappa shape index (κ3) is 4.57. The molecule has 0 radical (unpaired) electrons. The third-order valence-corrected chi connectivity index (χ3v) is 6.74. The van der Waals surface area contributed by atoms with E-state index in [2.05, 4.69) is 0 Å². The van der Waals surface area contributed by atoms with E-state index in [-0.39, 0.29) is 0 Å². The fourth-order valence-corrected chi connectivity index (χ4v) is 4.23. The lowest BCUT2D eigenvalue weighted by atomic mass is 10.0. The molecule has 0 saturated heterocycles. The predicted octanol–water partition coefficient (Wildman–Crippen LogP) is 8.98. The molecule has 0 saturated carbocycles.